The van der Waals surface area contributed by atoms with Gasteiger partial charge in [0, 0.05) is 47.1 Å². The van der Waals surface area contributed by atoms with Crippen LogP contribution in [0.3, 0.4) is 0 Å². The second kappa shape index (κ2) is 7.62. The number of piperidine rings is 1. The van der Waals surface area contributed by atoms with Crippen molar-refractivity contribution in [3.63, 3.8) is 0 Å². The van der Waals surface area contributed by atoms with Crippen LogP contribution in [0.5, 0.6) is 0 Å². The van der Waals surface area contributed by atoms with E-state index in [1.807, 2.05) is 17.0 Å². The number of H-pyrrole nitrogens is 1. The van der Waals surface area contributed by atoms with Crippen LogP contribution in [0.2, 0.25) is 0 Å². The molecule has 0 unspecified atom stereocenters. The molecular formula is C22H23N9O2. The quantitative estimate of drug-likeness (QED) is 0.428. The third-order valence-corrected chi connectivity index (χ3v) is 6.82. The lowest BCUT2D eigenvalue weighted by Gasteiger charge is -2.38. The van der Waals surface area contributed by atoms with Crippen molar-refractivity contribution in [2.45, 2.75) is 50.3 Å². The van der Waals surface area contributed by atoms with Crippen molar-refractivity contribution >= 4 is 17.4 Å². The van der Waals surface area contributed by atoms with Crippen molar-refractivity contribution in [1.29, 1.82) is 0 Å². The molecule has 2 aliphatic rings. The summed E-state index contributed by atoms with van der Waals surface area (Å²) in [5, 5.41) is 20.2. The summed E-state index contributed by atoms with van der Waals surface area (Å²) in [6, 6.07) is 5.86. The minimum absolute atomic E-state index is 0.0849. The molecule has 2 aliphatic heterocycles. The number of carbonyl (C=O) groups excluding carboxylic acids is 1. The Morgan fingerprint density at radius 2 is 2.00 bits per heavy atom. The molecule has 3 atom stereocenters. The molecule has 33 heavy (non-hydrogen) atoms. The molecule has 6 rings (SSSR count). The van der Waals surface area contributed by atoms with Gasteiger partial charge in [-0.05, 0) is 31.7 Å². The molecular weight excluding hydrogens is 422 g/mol. The monoisotopic (exact) mass is 445 g/mol. The van der Waals surface area contributed by atoms with Gasteiger partial charge in [-0.25, -0.2) is 9.97 Å². The minimum Gasteiger partial charge on any atom is -0.390 e. The van der Waals surface area contributed by atoms with Crippen LogP contribution in [0.25, 0.3) is 16.8 Å². The molecule has 11 heteroatoms. The summed E-state index contributed by atoms with van der Waals surface area (Å²) >= 11 is 0. The van der Waals surface area contributed by atoms with Crippen molar-refractivity contribution < 1.29 is 9.90 Å². The molecule has 0 aromatic carbocycles. The van der Waals surface area contributed by atoms with Gasteiger partial charge in [0.1, 0.15) is 12.1 Å². The first-order valence-electron chi connectivity index (χ1n) is 11.0. The number of aromatic amines is 1. The second-order valence-electron chi connectivity index (χ2n) is 8.70. The van der Waals surface area contributed by atoms with E-state index in [9.17, 15) is 9.90 Å². The molecule has 6 heterocycles. The second-order valence-corrected chi connectivity index (χ2v) is 8.70. The molecule has 1 amide bonds. The summed E-state index contributed by atoms with van der Waals surface area (Å²) in [5.41, 5.74) is 10.2. The number of aliphatic hydroxyl groups excluding tert-OH is 1. The van der Waals surface area contributed by atoms with Gasteiger partial charge in [-0.2, -0.15) is 14.7 Å². The fourth-order valence-corrected chi connectivity index (χ4v) is 5.28. The zero-order valence-electron chi connectivity index (χ0n) is 17.8. The van der Waals surface area contributed by atoms with Gasteiger partial charge < -0.3 is 15.7 Å². The summed E-state index contributed by atoms with van der Waals surface area (Å²) < 4.78 is 1.63. The molecule has 0 saturated carbocycles. The maximum absolute atomic E-state index is 12.9. The topological polar surface area (TPSA) is 151 Å². The fraction of sp³-hybridized carbons (Fsp3) is 0.364. The van der Waals surface area contributed by atoms with Crippen molar-refractivity contribution in [2.75, 3.05) is 5.73 Å². The maximum Gasteiger partial charge on any atom is 0.291 e. The smallest absolute Gasteiger partial charge is 0.291 e. The van der Waals surface area contributed by atoms with E-state index in [0.29, 0.717) is 23.0 Å². The predicted octanol–water partition coefficient (Wildman–Crippen LogP) is 1.53. The highest BCUT2D eigenvalue weighted by Gasteiger charge is 2.45. The summed E-state index contributed by atoms with van der Waals surface area (Å²) in [6.07, 6.45) is 8.41. The number of rotatable bonds is 4. The molecule has 0 radical (unpaired) electrons. The van der Waals surface area contributed by atoms with Gasteiger partial charge in [0.15, 0.2) is 5.65 Å². The summed E-state index contributed by atoms with van der Waals surface area (Å²) in [5.74, 6) is 0.928. The van der Waals surface area contributed by atoms with E-state index in [1.165, 1.54) is 6.33 Å². The van der Waals surface area contributed by atoms with E-state index in [4.69, 9.17) is 10.7 Å². The number of hydrogen-bond acceptors (Lipinski definition) is 8. The van der Waals surface area contributed by atoms with Gasteiger partial charge in [-0.15, -0.1) is 0 Å². The summed E-state index contributed by atoms with van der Waals surface area (Å²) in [4.78, 5) is 28.2. The molecule has 0 aliphatic carbocycles. The molecule has 11 nitrogen and oxygen atoms in total. The number of hydrogen-bond donors (Lipinski definition) is 3. The molecule has 0 spiro atoms. The molecule has 168 valence electrons. The number of aliphatic hydroxyl groups is 1. The van der Waals surface area contributed by atoms with Crippen LogP contribution < -0.4 is 5.73 Å². The Bertz CT molecular complexity index is 1300. The lowest BCUT2D eigenvalue weighted by molar-refractivity contribution is 0.0557. The number of nitrogens with one attached hydrogen (secondary N) is 1. The Kier molecular flexibility index (Phi) is 4.57. The van der Waals surface area contributed by atoms with Crippen LogP contribution in [0.15, 0.2) is 36.9 Å². The van der Waals surface area contributed by atoms with Gasteiger partial charge >= 0.3 is 0 Å². The molecule has 2 saturated heterocycles. The fourth-order valence-electron chi connectivity index (χ4n) is 5.28. The van der Waals surface area contributed by atoms with Gasteiger partial charge in [-0.3, -0.25) is 14.9 Å². The third kappa shape index (κ3) is 3.23. The van der Waals surface area contributed by atoms with Gasteiger partial charge in [0.25, 0.3) is 5.91 Å². The molecule has 4 N–H and O–H groups in total. The Labute approximate surface area is 188 Å². The summed E-state index contributed by atoms with van der Waals surface area (Å²) in [7, 11) is 0. The average Bonchev–Trinajstić information content (AvgIpc) is 3.57. The normalized spacial score (nSPS) is 22.2. The number of anilines is 1. The van der Waals surface area contributed by atoms with Crippen molar-refractivity contribution in [3.8, 4) is 11.1 Å². The molecule has 2 bridgehead atoms. The lowest BCUT2D eigenvalue weighted by Crippen LogP contribution is -2.46. The Morgan fingerprint density at radius 1 is 1.18 bits per heavy atom. The van der Waals surface area contributed by atoms with E-state index in [2.05, 4.69) is 25.3 Å². The largest absolute Gasteiger partial charge is 0.390 e. The van der Waals surface area contributed by atoms with Gasteiger partial charge in [0.05, 0.1) is 18.5 Å². The van der Waals surface area contributed by atoms with Crippen LogP contribution in [0.1, 0.15) is 53.6 Å². The maximum atomic E-state index is 12.9. The van der Waals surface area contributed by atoms with Crippen LogP contribution in [0, 0.1) is 0 Å². The Morgan fingerprint density at radius 3 is 2.67 bits per heavy atom. The first-order valence-corrected chi connectivity index (χ1v) is 11.0. The minimum atomic E-state index is -0.107. The van der Waals surface area contributed by atoms with Crippen LogP contribution in [-0.2, 0) is 6.61 Å². The van der Waals surface area contributed by atoms with Crippen LogP contribution >= 0.6 is 0 Å². The van der Waals surface area contributed by atoms with E-state index < -0.39 is 0 Å². The van der Waals surface area contributed by atoms with Crippen molar-refractivity contribution in [1.82, 2.24) is 39.7 Å². The molecule has 4 aromatic heterocycles. The lowest BCUT2D eigenvalue weighted by atomic mass is 9.87. The number of pyridine rings is 1. The Hall–Kier alpha value is -3.86. The van der Waals surface area contributed by atoms with E-state index in [1.54, 1.807) is 23.0 Å². The predicted molar refractivity (Wildman–Crippen MR) is 118 cm³/mol. The number of nitrogen functional groups attached to an aromatic ring is 1. The Balaban J connectivity index is 1.32. The van der Waals surface area contributed by atoms with Crippen LogP contribution in [-0.4, -0.2) is 62.8 Å². The summed E-state index contributed by atoms with van der Waals surface area (Å²) in [6.45, 7) is -0.107. The number of amides is 1. The van der Waals surface area contributed by atoms with Crippen molar-refractivity contribution in [3.05, 3.63) is 54.1 Å². The first kappa shape index (κ1) is 19.8. The number of aromatic nitrogens is 7. The van der Waals surface area contributed by atoms with E-state index in [-0.39, 0.29) is 30.5 Å². The molecule has 4 aromatic rings. The van der Waals surface area contributed by atoms with Crippen LogP contribution in [0.4, 0.5) is 5.82 Å². The van der Waals surface area contributed by atoms with Gasteiger partial charge in [0.2, 0.25) is 5.82 Å². The highest BCUT2D eigenvalue weighted by molar-refractivity contribution is 5.91. The number of carbonyl (C=O) groups is 1. The third-order valence-electron chi connectivity index (χ3n) is 6.82. The standard InChI is InChI=1S/C22H23N9O2/c23-19-7-18(28-21-17(9-27-31(19)21)12-1-2-14(10-32)24-8-12)13-5-15-3-4-16(6-13)30(15)22(33)20-25-11-26-29-20/h1-2,7-9,11,13,15-16,32H,3-6,10,23H2,(H,25,26,29)/t13-,15+,16-. The number of nitrogens with zero attached hydrogens (tertiary/aromatic N) is 7. The highest BCUT2D eigenvalue weighted by atomic mass is 16.3. The highest BCUT2D eigenvalue weighted by Crippen LogP contribution is 2.43. The first-order chi connectivity index (χ1) is 16.1. The van der Waals surface area contributed by atoms with Gasteiger partial charge in [-0.1, -0.05) is 6.07 Å². The zero-order valence-corrected chi connectivity index (χ0v) is 17.8. The van der Waals surface area contributed by atoms with E-state index in [0.717, 1.165) is 42.5 Å². The molecule has 2 fully saturated rings. The average molecular weight is 445 g/mol. The van der Waals surface area contributed by atoms with E-state index >= 15 is 0 Å². The SMILES string of the molecule is Nc1cc([C@H]2C[C@H]3CC[C@@H](C2)N3C(=O)c2ncn[nH]2)nc2c(-c3ccc(CO)nc3)cnn12. The number of fused-ring (bicyclic) bond motifs is 3. The number of nitrogens with two attached hydrogens (primary N) is 1. The van der Waals surface area contributed by atoms with Crippen molar-refractivity contribution in [2.24, 2.45) is 0 Å². The zero-order chi connectivity index (χ0) is 22.5.